The van der Waals surface area contributed by atoms with Crippen LogP contribution < -0.4 is 15.4 Å². The molecule has 0 atom stereocenters. The second-order valence-corrected chi connectivity index (χ2v) is 5.97. The van der Waals surface area contributed by atoms with E-state index in [-0.39, 0.29) is 18.4 Å². The summed E-state index contributed by atoms with van der Waals surface area (Å²) in [6.07, 6.45) is 2.11. The number of rotatable bonds is 7. The highest BCUT2D eigenvalue weighted by Gasteiger charge is 2.01. The Kier molecular flexibility index (Phi) is 7.92. The number of hydrogen-bond donors (Lipinski definition) is 2. The third-order valence-electron chi connectivity index (χ3n) is 3.74. The molecule has 140 valence electrons. The van der Waals surface area contributed by atoms with E-state index in [4.69, 9.17) is 4.74 Å². The number of benzene rings is 2. The van der Waals surface area contributed by atoms with Crippen molar-refractivity contribution in [3.8, 4) is 17.6 Å². The second kappa shape index (κ2) is 10.7. The Morgan fingerprint density at radius 1 is 1.04 bits per heavy atom. The molecule has 2 aromatic rings. The molecule has 0 saturated heterocycles. The summed E-state index contributed by atoms with van der Waals surface area (Å²) < 4.78 is 5.58. The van der Waals surface area contributed by atoms with Crippen LogP contribution in [0.3, 0.4) is 0 Å². The number of Topliss-reactive ketones (excluding diaryl/α,β-unsaturated/α-hetero) is 1. The lowest BCUT2D eigenvalue weighted by Crippen LogP contribution is -2.28. The minimum absolute atomic E-state index is 0.0217. The smallest absolute Gasteiger partial charge is 0.319 e. The van der Waals surface area contributed by atoms with Crippen molar-refractivity contribution in [3.05, 3.63) is 59.7 Å². The fourth-order valence-electron chi connectivity index (χ4n) is 2.20. The Balaban J connectivity index is 1.75. The van der Waals surface area contributed by atoms with Crippen LogP contribution in [0.4, 0.5) is 10.5 Å². The van der Waals surface area contributed by atoms with Crippen LogP contribution in [0.1, 0.15) is 42.6 Å². The van der Waals surface area contributed by atoms with Gasteiger partial charge in [-0.3, -0.25) is 4.79 Å². The van der Waals surface area contributed by atoms with Crippen molar-refractivity contribution in [1.29, 1.82) is 0 Å². The molecule has 5 heteroatoms. The summed E-state index contributed by atoms with van der Waals surface area (Å²) in [7, 11) is 0. The molecule has 0 aliphatic carbocycles. The van der Waals surface area contributed by atoms with Gasteiger partial charge in [0, 0.05) is 16.8 Å². The minimum atomic E-state index is -0.323. The van der Waals surface area contributed by atoms with Crippen molar-refractivity contribution in [2.24, 2.45) is 0 Å². The van der Waals surface area contributed by atoms with E-state index in [1.54, 1.807) is 36.4 Å². The second-order valence-electron chi connectivity index (χ2n) is 5.97. The highest BCUT2D eigenvalue weighted by molar-refractivity contribution is 5.94. The molecule has 0 heterocycles. The van der Waals surface area contributed by atoms with Crippen molar-refractivity contribution in [1.82, 2.24) is 5.32 Å². The number of carbonyl (C=O) groups is 2. The molecule has 0 aromatic heterocycles. The molecule has 2 amide bonds. The molecule has 0 fully saturated rings. The van der Waals surface area contributed by atoms with Crippen LogP contribution in [-0.2, 0) is 0 Å². The van der Waals surface area contributed by atoms with Gasteiger partial charge in [-0.15, -0.1) is 0 Å². The van der Waals surface area contributed by atoms with Crippen molar-refractivity contribution in [2.75, 3.05) is 18.5 Å². The van der Waals surface area contributed by atoms with Crippen LogP contribution in [0, 0.1) is 11.8 Å². The Morgan fingerprint density at radius 3 is 2.37 bits per heavy atom. The molecule has 2 N–H and O–H groups in total. The van der Waals surface area contributed by atoms with Gasteiger partial charge in [-0.25, -0.2) is 4.79 Å². The van der Waals surface area contributed by atoms with E-state index in [9.17, 15) is 9.59 Å². The summed E-state index contributed by atoms with van der Waals surface area (Å²) in [5, 5.41) is 5.42. The number of urea groups is 1. The van der Waals surface area contributed by atoms with Crippen LogP contribution in [0.5, 0.6) is 5.75 Å². The van der Waals surface area contributed by atoms with Crippen LogP contribution in [0.25, 0.3) is 0 Å². The van der Waals surface area contributed by atoms with E-state index in [0.717, 1.165) is 24.2 Å². The zero-order chi connectivity index (χ0) is 19.5. The van der Waals surface area contributed by atoms with Gasteiger partial charge in [0.2, 0.25) is 0 Å². The molecule has 27 heavy (non-hydrogen) atoms. The molecule has 0 unspecified atom stereocenters. The molecule has 0 spiro atoms. The molecule has 0 saturated carbocycles. The number of unbranched alkanes of at least 4 members (excludes halogenated alkanes) is 1. The standard InChI is InChI=1S/C22H24N2O3/c1-3-4-16-27-21-13-11-20(12-14-21)24-22(26)23-15-5-6-18-7-9-19(10-8-18)17(2)25/h7-14H,3-4,15-16H2,1-2H3,(H2,23,24,26). The molecular weight excluding hydrogens is 340 g/mol. The monoisotopic (exact) mass is 364 g/mol. The minimum Gasteiger partial charge on any atom is -0.494 e. The third kappa shape index (κ3) is 7.25. The first-order valence-corrected chi connectivity index (χ1v) is 8.96. The SMILES string of the molecule is CCCCOc1ccc(NC(=O)NCC#Cc2ccc(C(C)=O)cc2)cc1. The number of anilines is 1. The van der Waals surface area contributed by atoms with Crippen LogP contribution in [-0.4, -0.2) is 25.0 Å². The lowest BCUT2D eigenvalue weighted by molar-refractivity contribution is 0.101. The fourth-order valence-corrected chi connectivity index (χ4v) is 2.20. The van der Waals surface area contributed by atoms with E-state index in [0.29, 0.717) is 17.9 Å². The maximum absolute atomic E-state index is 11.9. The van der Waals surface area contributed by atoms with E-state index in [1.807, 2.05) is 12.1 Å². The lowest BCUT2D eigenvalue weighted by atomic mass is 10.1. The first kappa shape index (κ1) is 20.1. The van der Waals surface area contributed by atoms with Crippen molar-refractivity contribution < 1.29 is 14.3 Å². The predicted molar refractivity (Wildman–Crippen MR) is 107 cm³/mol. The zero-order valence-corrected chi connectivity index (χ0v) is 15.7. The van der Waals surface area contributed by atoms with E-state index >= 15 is 0 Å². The average Bonchev–Trinajstić information content (AvgIpc) is 2.67. The average molecular weight is 364 g/mol. The number of ketones is 1. The van der Waals surface area contributed by atoms with Gasteiger partial charge < -0.3 is 15.4 Å². The summed E-state index contributed by atoms with van der Waals surface area (Å²) >= 11 is 0. The van der Waals surface area contributed by atoms with Gasteiger partial charge in [-0.2, -0.15) is 0 Å². The highest BCUT2D eigenvalue weighted by atomic mass is 16.5. The summed E-state index contributed by atoms with van der Waals surface area (Å²) in [4.78, 5) is 23.1. The van der Waals surface area contributed by atoms with Crippen LogP contribution in [0.2, 0.25) is 0 Å². The topological polar surface area (TPSA) is 67.4 Å². The van der Waals surface area contributed by atoms with Crippen LogP contribution in [0.15, 0.2) is 48.5 Å². The number of carbonyl (C=O) groups excluding carboxylic acids is 2. The third-order valence-corrected chi connectivity index (χ3v) is 3.74. The molecule has 0 bridgehead atoms. The van der Waals surface area contributed by atoms with Crippen molar-refractivity contribution in [3.63, 3.8) is 0 Å². The van der Waals surface area contributed by atoms with Gasteiger partial charge in [0.05, 0.1) is 13.2 Å². The van der Waals surface area contributed by atoms with Gasteiger partial charge in [-0.05, 0) is 49.7 Å². The number of nitrogens with one attached hydrogen (secondary N) is 2. The first-order chi connectivity index (χ1) is 13.1. The Bertz CT molecular complexity index is 815. The summed E-state index contributed by atoms with van der Waals surface area (Å²) in [5.41, 5.74) is 2.13. The summed E-state index contributed by atoms with van der Waals surface area (Å²) in [6.45, 7) is 4.55. The van der Waals surface area contributed by atoms with Gasteiger partial charge >= 0.3 is 6.03 Å². The van der Waals surface area contributed by atoms with Crippen molar-refractivity contribution in [2.45, 2.75) is 26.7 Å². The quantitative estimate of drug-likeness (QED) is 0.439. The maximum Gasteiger partial charge on any atom is 0.319 e. The number of amides is 2. The van der Waals surface area contributed by atoms with E-state index in [2.05, 4.69) is 29.4 Å². The number of hydrogen-bond acceptors (Lipinski definition) is 3. The summed E-state index contributed by atoms with van der Waals surface area (Å²) in [6, 6.07) is 14.0. The molecule has 0 radical (unpaired) electrons. The normalized spacial score (nSPS) is 9.70. The zero-order valence-electron chi connectivity index (χ0n) is 15.7. The van der Waals surface area contributed by atoms with Crippen LogP contribution >= 0.6 is 0 Å². The number of ether oxygens (including phenoxy) is 1. The van der Waals surface area contributed by atoms with Gasteiger partial charge in [0.15, 0.2) is 5.78 Å². The maximum atomic E-state index is 11.9. The fraction of sp³-hybridized carbons (Fsp3) is 0.273. The van der Waals surface area contributed by atoms with Gasteiger partial charge in [-0.1, -0.05) is 37.3 Å². The largest absolute Gasteiger partial charge is 0.494 e. The lowest BCUT2D eigenvalue weighted by Gasteiger charge is -2.08. The molecule has 0 aliphatic heterocycles. The predicted octanol–water partition coefficient (Wildman–Crippen LogP) is 4.24. The Morgan fingerprint density at radius 2 is 1.74 bits per heavy atom. The van der Waals surface area contributed by atoms with E-state index in [1.165, 1.54) is 6.92 Å². The summed E-state index contributed by atoms with van der Waals surface area (Å²) in [5.74, 6) is 6.63. The first-order valence-electron chi connectivity index (χ1n) is 8.96. The molecule has 0 aliphatic rings. The van der Waals surface area contributed by atoms with E-state index < -0.39 is 0 Å². The van der Waals surface area contributed by atoms with Gasteiger partial charge in [0.25, 0.3) is 0 Å². The molecular formula is C22H24N2O3. The highest BCUT2D eigenvalue weighted by Crippen LogP contribution is 2.15. The molecule has 5 nitrogen and oxygen atoms in total. The Labute approximate surface area is 160 Å². The van der Waals surface area contributed by atoms with Gasteiger partial charge in [0.1, 0.15) is 5.75 Å². The Hall–Kier alpha value is -3.26. The van der Waals surface area contributed by atoms with Crippen molar-refractivity contribution >= 4 is 17.5 Å². The molecule has 2 rings (SSSR count). The molecule has 2 aromatic carbocycles.